The second kappa shape index (κ2) is 7.18. The molecule has 16 heavy (non-hydrogen) atoms. The van der Waals surface area contributed by atoms with Gasteiger partial charge in [0.1, 0.15) is 5.82 Å². The van der Waals surface area contributed by atoms with E-state index in [1.165, 1.54) is 12.1 Å². The first kappa shape index (κ1) is 12.9. The lowest BCUT2D eigenvalue weighted by molar-refractivity contribution is 0.470. The van der Waals surface area contributed by atoms with Crippen LogP contribution in [0.5, 0.6) is 0 Å². The van der Waals surface area contributed by atoms with Crippen LogP contribution >= 0.6 is 0 Å². The van der Waals surface area contributed by atoms with Crippen LogP contribution in [0.3, 0.4) is 0 Å². The zero-order chi connectivity index (χ0) is 11.8. The fourth-order valence-electron chi connectivity index (χ4n) is 1.63. The number of nitrogens with one attached hydrogen (secondary N) is 1. The van der Waals surface area contributed by atoms with Gasteiger partial charge in [0.05, 0.1) is 0 Å². The van der Waals surface area contributed by atoms with Crippen molar-refractivity contribution in [3.63, 3.8) is 0 Å². The predicted molar refractivity (Wildman–Crippen MR) is 66.7 cm³/mol. The van der Waals surface area contributed by atoms with E-state index >= 15 is 0 Å². The quantitative estimate of drug-likeness (QED) is 0.693. The molecule has 0 aromatic heterocycles. The Labute approximate surface area is 97.4 Å². The maximum atomic E-state index is 12.7. The van der Waals surface area contributed by atoms with Gasteiger partial charge in [0, 0.05) is 12.6 Å². The van der Waals surface area contributed by atoms with E-state index in [9.17, 15) is 4.39 Å². The van der Waals surface area contributed by atoms with Crippen molar-refractivity contribution in [1.29, 1.82) is 0 Å². The minimum absolute atomic E-state index is 0.178. The summed E-state index contributed by atoms with van der Waals surface area (Å²) < 4.78 is 12.7. The second-order valence-electron chi connectivity index (χ2n) is 3.98. The molecule has 88 valence electrons. The average molecular weight is 221 g/mol. The Kier molecular flexibility index (Phi) is 5.79. The normalized spacial score (nSPS) is 12.4. The molecule has 1 unspecified atom stereocenters. The number of halogens is 1. The molecule has 0 aliphatic carbocycles. The summed E-state index contributed by atoms with van der Waals surface area (Å²) in [5.41, 5.74) is 1.12. The molecule has 0 spiro atoms. The van der Waals surface area contributed by atoms with Crippen molar-refractivity contribution in [2.24, 2.45) is 0 Å². The molecular weight excluding hydrogens is 201 g/mol. The van der Waals surface area contributed by atoms with Crippen LogP contribution in [0.4, 0.5) is 4.39 Å². The van der Waals surface area contributed by atoms with Crippen molar-refractivity contribution in [3.8, 4) is 0 Å². The van der Waals surface area contributed by atoms with Gasteiger partial charge < -0.3 is 5.32 Å². The maximum absolute atomic E-state index is 12.7. The summed E-state index contributed by atoms with van der Waals surface area (Å²) in [5.74, 6) is -0.178. The van der Waals surface area contributed by atoms with Crippen molar-refractivity contribution in [3.05, 3.63) is 48.3 Å². The van der Waals surface area contributed by atoms with Gasteiger partial charge in [0.15, 0.2) is 0 Å². The minimum Gasteiger partial charge on any atom is -0.310 e. The zero-order valence-corrected chi connectivity index (χ0v) is 9.88. The molecule has 1 aromatic carbocycles. The monoisotopic (exact) mass is 221 g/mol. The molecule has 0 radical (unpaired) electrons. The smallest absolute Gasteiger partial charge is 0.123 e. The molecule has 0 aliphatic rings. The largest absolute Gasteiger partial charge is 0.310 e. The molecule has 0 amide bonds. The number of benzene rings is 1. The van der Waals surface area contributed by atoms with Gasteiger partial charge in [-0.1, -0.05) is 25.1 Å². The van der Waals surface area contributed by atoms with Crippen LogP contribution in [0.2, 0.25) is 0 Å². The second-order valence-corrected chi connectivity index (χ2v) is 3.98. The van der Waals surface area contributed by atoms with Gasteiger partial charge in [-0.15, -0.1) is 6.58 Å². The Morgan fingerprint density at radius 3 is 2.62 bits per heavy atom. The fraction of sp³-hybridized carbons (Fsp3) is 0.429. The highest BCUT2D eigenvalue weighted by atomic mass is 19.1. The third-order valence-corrected chi connectivity index (χ3v) is 2.72. The van der Waals surface area contributed by atoms with Gasteiger partial charge in [0.25, 0.3) is 0 Å². The SMILES string of the molecule is C=CCCC(CC)NCc1ccc(F)cc1. The average Bonchev–Trinajstić information content (AvgIpc) is 2.32. The van der Waals surface area contributed by atoms with E-state index in [-0.39, 0.29) is 5.82 Å². The lowest BCUT2D eigenvalue weighted by Crippen LogP contribution is -2.27. The van der Waals surface area contributed by atoms with E-state index in [1.807, 2.05) is 18.2 Å². The summed E-state index contributed by atoms with van der Waals surface area (Å²) in [6.45, 7) is 6.70. The Morgan fingerprint density at radius 1 is 1.38 bits per heavy atom. The molecule has 0 saturated heterocycles. The molecule has 1 N–H and O–H groups in total. The van der Waals surface area contributed by atoms with Gasteiger partial charge in [-0.25, -0.2) is 4.39 Å². The fourth-order valence-corrected chi connectivity index (χ4v) is 1.63. The number of rotatable bonds is 7. The van der Waals surface area contributed by atoms with Crippen LogP contribution in [-0.4, -0.2) is 6.04 Å². The number of hydrogen-bond acceptors (Lipinski definition) is 1. The standard InChI is InChI=1S/C14H20FN/c1-3-5-6-14(4-2)16-11-12-7-9-13(15)10-8-12/h3,7-10,14,16H,1,4-6,11H2,2H3. The molecule has 0 saturated carbocycles. The van der Waals surface area contributed by atoms with E-state index < -0.39 is 0 Å². The molecule has 1 aromatic rings. The Hall–Kier alpha value is -1.15. The van der Waals surface area contributed by atoms with Crippen LogP contribution in [0.15, 0.2) is 36.9 Å². The zero-order valence-electron chi connectivity index (χ0n) is 9.88. The Bertz CT molecular complexity index is 305. The molecule has 0 bridgehead atoms. The van der Waals surface area contributed by atoms with Gasteiger partial charge in [-0.05, 0) is 37.0 Å². The maximum Gasteiger partial charge on any atom is 0.123 e. The number of allylic oxidation sites excluding steroid dienone is 1. The van der Waals surface area contributed by atoms with Crippen LogP contribution in [0.25, 0.3) is 0 Å². The molecule has 1 atom stereocenters. The lowest BCUT2D eigenvalue weighted by atomic mass is 10.1. The van der Waals surface area contributed by atoms with Crippen molar-refractivity contribution < 1.29 is 4.39 Å². The first-order valence-corrected chi connectivity index (χ1v) is 5.85. The highest BCUT2D eigenvalue weighted by Gasteiger charge is 2.04. The highest BCUT2D eigenvalue weighted by Crippen LogP contribution is 2.06. The molecule has 0 aliphatic heterocycles. The lowest BCUT2D eigenvalue weighted by Gasteiger charge is -2.16. The summed E-state index contributed by atoms with van der Waals surface area (Å²) >= 11 is 0. The highest BCUT2D eigenvalue weighted by molar-refractivity contribution is 5.15. The third kappa shape index (κ3) is 4.58. The first-order chi connectivity index (χ1) is 7.76. The van der Waals surface area contributed by atoms with Gasteiger partial charge >= 0.3 is 0 Å². The van der Waals surface area contributed by atoms with E-state index in [4.69, 9.17) is 0 Å². The van der Waals surface area contributed by atoms with Crippen LogP contribution in [0, 0.1) is 5.82 Å². The van der Waals surface area contributed by atoms with Crippen molar-refractivity contribution >= 4 is 0 Å². The summed E-state index contributed by atoms with van der Waals surface area (Å²) in [7, 11) is 0. The van der Waals surface area contributed by atoms with Crippen LogP contribution < -0.4 is 5.32 Å². The molecule has 1 rings (SSSR count). The number of hydrogen-bond donors (Lipinski definition) is 1. The summed E-state index contributed by atoms with van der Waals surface area (Å²) in [6.07, 6.45) is 5.20. The summed E-state index contributed by atoms with van der Waals surface area (Å²) in [6, 6.07) is 7.16. The van der Waals surface area contributed by atoms with E-state index in [0.717, 1.165) is 31.4 Å². The molecule has 0 heterocycles. The minimum atomic E-state index is -0.178. The Morgan fingerprint density at radius 2 is 2.06 bits per heavy atom. The van der Waals surface area contributed by atoms with Crippen molar-refractivity contribution in [2.45, 2.75) is 38.8 Å². The van der Waals surface area contributed by atoms with Gasteiger partial charge in [-0.2, -0.15) is 0 Å². The molecule has 0 fully saturated rings. The summed E-state index contributed by atoms with van der Waals surface area (Å²) in [4.78, 5) is 0. The van der Waals surface area contributed by atoms with Crippen molar-refractivity contribution in [2.75, 3.05) is 0 Å². The van der Waals surface area contributed by atoms with E-state index in [1.54, 1.807) is 0 Å². The van der Waals surface area contributed by atoms with Crippen molar-refractivity contribution in [1.82, 2.24) is 5.32 Å². The predicted octanol–water partition coefficient (Wildman–Crippen LogP) is 3.66. The topological polar surface area (TPSA) is 12.0 Å². The first-order valence-electron chi connectivity index (χ1n) is 5.85. The van der Waals surface area contributed by atoms with Gasteiger partial charge in [-0.3, -0.25) is 0 Å². The van der Waals surface area contributed by atoms with E-state index in [2.05, 4.69) is 18.8 Å². The molecule has 1 nitrogen and oxygen atoms in total. The van der Waals surface area contributed by atoms with Crippen LogP contribution in [-0.2, 0) is 6.54 Å². The van der Waals surface area contributed by atoms with E-state index in [0.29, 0.717) is 6.04 Å². The van der Waals surface area contributed by atoms with Crippen LogP contribution in [0.1, 0.15) is 31.7 Å². The third-order valence-electron chi connectivity index (χ3n) is 2.72. The molecular formula is C14H20FN. The molecule has 2 heteroatoms. The summed E-state index contributed by atoms with van der Waals surface area (Å²) in [5, 5.41) is 3.47. The Balaban J connectivity index is 2.36. The van der Waals surface area contributed by atoms with Gasteiger partial charge in [0.2, 0.25) is 0 Å².